The fraction of sp³-hybridized carbons (Fsp3) is 0.111. The SMILES string of the molecule is Cc1csc(SC(C(=O)c2ccccc2)c2ccccc2)n1. The number of carbonyl (C=O) groups is 1. The molecular weight excluding hydrogens is 310 g/mol. The molecule has 3 aromatic rings. The zero-order valence-corrected chi connectivity index (χ0v) is 13.7. The van der Waals surface area contributed by atoms with Crippen LogP contribution in [0.25, 0.3) is 0 Å². The maximum atomic E-state index is 12.9. The number of carbonyl (C=O) groups excluding carboxylic acids is 1. The van der Waals surface area contributed by atoms with Crippen LogP contribution in [-0.4, -0.2) is 10.8 Å². The third-order valence-electron chi connectivity index (χ3n) is 3.22. The number of aryl methyl sites for hydroxylation is 1. The second kappa shape index (κ2) is 6.90. The van der Waals surface area contributed by atoms with Crippen molar-refractivity contribution in [1.29, 1.82) is 0 Å². The van der Waals surface area contributed by atoms with E-state index in [4.69, 9.17) is 0 Å². The van der Waals surface area contributed by atoms with Crippen LogP contribution in [0, 0.1) is 6.92 Å². The topological polar surface area (TPSA) is 30.0 Å². The van der Waals surface area contributed by atoms with E-state index in [2.05, 4.69) is 4.98 Å². The van der Waals surface area contributed by atoms with Crippen LogP contribution in [-0.2, 0) is 0 Å². The number of ketones is 1. The summed E-state index contributed by atoms with van der Waals surface area (Å²) in [6, 6.07) is 19.3. The van der Waals surface area contributed by atoms with E-state index in [1.54, 1.807) is 11.3 Å². The Kier molecular flexibility index (Phi) is 4.71. The molecule has 3 rings (SSSR count). The van der Waals surface area contributed by atoms with Gasteiger partial charge in [-0.05, 0) is 12.5 Å². The quantitative estimate of drug-likeness (QED) is 0.479. The summed E-state index contributed by atoms with van der Waals surface area (Å²) in [5.41, 5.74) is 2.73. The molecule has 2 aromatic carbocycles. The van der Waals surface area contributed by atoms with Crippen molar-refractivity contribution in [2.24, 2.45) is 0 Å². The molecule has 1 aromatic heterocycles. The molecule has 0 aliphatic carbocycles. The van der Waals surface area contributed by atoms with Gasteiger partial charge in [0.15, 0.2) is 10.1 Å². The van der Waals surface area contributed by atoms with Crippen LogP contribution in [0.2, 0.25) is 0 Å². The molecule has 4 heteroatoms. The van der Waals surface area contributed by atoms with Crippen molar-refractivity contribution in [2.45, 2.75) is 16.5 Å². The Morgan fingerprint density at radius 1 is 1.05 bits per heavy atom. The van der Waals surface area contributed by atoms with Gasteiger partial charge in [-0.15, -0.1) is 11.3 Å². The van der Waals surface area contributed by atoms with Crippen molar-refractivity contribution in [3.63, 3.8) is 0 Å². The van der Waals surface area contributed by atoms with Crippen molar-refractivity contribution in [3.8, 4) is 0 Å². The fourth-order valence-corrected chi connectivity index (χ4v) is 4.25. The maximum Gasteiger partial charge on any atom is 0.180 e. The molecule has 0 spiro atoms. The van der Waals surface area contributed by atoms with Gasteiger partial charge < -0.3 is 0 Å². The highest BCUT2D eigenvalue weighted by molar-refractivity contribution is 8.01. The number of Topliss-reactive ketones (excluding diaryl/α,β-unsaturated/α-hetero) is 1. The van der Waals surface area contributed by atoms with Crippen LogP contribution in [0.5, 0.6) is 0 Å². The predicted octanol–water partition coefficient (Wildman–Crippen LogP) is 5.17. The van der Waals surface area contributed by atoms with Crippen LogP contribution < -0.4 is 0 Å². The number of aromatic nitrogens is 1. The molecule has 0 saturated carbocycles. The number of thioether (sulfide) groups is 1. The highest BCUT2D eigenvalue weighted by Crippen LogP contribution is 2.39. The lowest BCUT2D eigenvalue weighted by Crippen LogP contribution is -2.09. The normalized spacial score (nSPS) is 12.0. The number of thiazole rings is 1. The van der Waals surface area contributed by atoms with Crippen LogP contribution in [0.1, 0.15) is 26.9 Å². The van der Waals surface area contributed by atoms with E-state index in [1.165, 1.54) is 11.8 Å². The Bertz CT molecular complexity index is 753. The zero-order valence-electron chi connectivity index (χ0n) is 12.1. The second-order valence-corrected chi connectivity index (χ2v) is 7.10. The van der Waals surface area contributed by atoms with E-state index < -0.39 is 0 Å². The molecular formula is C18H15NOS2. The molecule has 1 atom stereocenters. The van der Waals surface area contributed by atoms with Crippen molar-refractivity contribution in [1.82, 2.24) is 4.98 Å². The van der Waals surface area contributed by atoms with Gasteiger partial charge >= 0.3 is 0 Å². The first-order valence-electron chi connectivity index (χ1n) is 6.97. The molecule has 0 N–H and O–H groups in total. The lowest BCUT2D eigenvalue weighted by atomic mass is 10.0. The molecule has 22 heavy (non-hydrogen) atoms. The van der Waals surface area contributed by atoms with Crippen LogP contribution in [0.15, 0.2) is 70.4 Å². The summed E-state index contributed by atoms with van der Waals surface area (Å²) in [6.07, 6.45) is 0. The highest BCUT2D eigenvalue weighted by atomic mass is 32.2. The minimum Gasteiger partial charge on any atom is -0.293 e. The predicted molar refractivity (Wildman–Crippen MR) is 92.7 cm³/mol. The number of rotatable bonds is 5. The Hall–Kier alpha value is -1.91. The molecule has 0 aliphatic rings. The molecule has 0 aliphatic heterocycles. The monoisotopic (exact) mass is 325 g/mol. The summed E-state index contributed by atoms with van der Waals surface area (Å²) >= 11 is 3.11. The van der Waals surface area contributed by atoms with Crippen molar-refractivity contribution >= 4 is 28.9 Å². The summed E-state index contributed by atoms with van der Waals surface area (Å²) in [6.45, 7) is 1.97. The summed E-state index contributed by atoms with van der Waals surface area (Å²) in [7, 11) is 0. The van der Waals surface area contributed by atoms with Gasteiger partial charge in [0.2, 0.25) is 0 Å². The van der Waals surface area contributed by atoms with Gasteiger partial charge in [-0.1, -0.05) is 72.4 Å². The second-order valence-electron chi connectivity index (χ2n) is 4.89. The molecule has 0 bridgehead atoms. The van der Waals surface area contributed by atoms with Gasteiger partial charge in [-0.3, -0.25) is 4.79 Å². The molecule has 1 heterocycles. The van der Waals surface area contributed by atoms with Crippen LogP contribution in [0.3, 0.4) is 0 Å². The van der Waals surface area contributed by atoms with Crippen LogP contribution in [0.4, 0.5) is 0 Å². The summed E-state index contributed by atoms with van der Waals surface area (Å²) in [5.74, 6) is 0.115. The Balaban J connectivity index is 1.94. The van der Waals surface area contributed by atoms with Crippen molar-refractivity contribution < 1.29 is 4.79 Å². The molecule has 0 saturated heterocycles. The van der Waals surface area contributed by atoms with Gasteiger partial charge in [0, 0.05) is 16.6 Å². The standard InChI is InChI=1S/C18H15NOS2/c1-13-12-21-18(19-13)22-17(15-10-6-3-7-11-15)16(20)14-8-4-2-5-9-14/h2-12,17H,1H3. The zero-order chi connectivity index (χ0) is 15.4. The summed E-state index contributed by atoms with van der Waals surface area (Å²) in [4.78, 5) is 17.4. The summed E-state index contributed by atoms with van der Waals surface area (Å²) in [5, 5.41) is 1.74. The van der Waals surface area contributed by atoms with E-state index in [9.17, 15) is 4.79 Å². The van der Waals surface area contributed by atoms with E-state index in [1.807, 2.05) is 73.0 Å². The lowest BCUT2D eigenvalue weighted by molar-refractivity contribution is 0.0989. The van der Waals surface area contributed by atoms with Gasteiger partial charge in [-0.2, -0.15) is 0 Å². The van der Waals surface area contributed by atoms with Gasteiger partial charge in [-0.25, -0.2) is 4.98 Å². The van der Waals surface area contributed by atoms with Gasteiger partial charge in [0.05, 0.1) is 5.25 Å². The summed E-state index contributed by atoms with van der Waals surface area (Å²) < 4.78 is 0.927. The Morgan fingerprint density at radius 2 is 1.68 bits per heavy atom. The van der Waals surface area contributed by atoms with Gasteiger partial charge in [0.25, 0.3) is 0 Å². The van der Waals surface area contributed by atoms with E-state index in [-0.39, 0.29) is 11.0 Å². The van der Waals surface area contributed by atoms with Crippen molar-refractivity contribution in [3.05, 3.63) is 82.9 Å². The van der Waals surface area contributed by atoms with Crippen molar-refractivity contribution in [2.75, 3.05) is 0 Å². The third kappa shape index (κ3) is 3.46. The maximum absolute atomic E-state index is 12.9. The van der Waals surface area contributed by atoms with Gasteiger partial charge in [0.1, 0.15) is 0 Å². The first kappa shape index (κ1) is 15.0. The smallest absolute Gasteiger partial charge is 0.180 e. The lowest BCUT2D eigenvalue weighted by Gasteiger charge is -2.14. The van der Waals surface area contributed by atoms with E-state index in [0.717, 1.165) is 21.2 Å². The first-order valence-corrected chi connectivity index (χ1v) is 8.73. The fourth-order valence-electron chi connectivity index (χ4n) is 2.14. The molecule has 0 radical (unpaired) electrons. The molecule has 0 amide bonds. The van der Waals surface area contributed by atoms with E-state index >= 15 is 0 Å². The largest absolute Gasteiger partial charge is 0.293 e. The third-order valence-corrected chi connectivity index (χ3v) is 5.56. The van der Waals surface area contributed by atoms with E-state index in [0.29, 0.717) is 0 Å². The number of nitrogens with zero attached hydrogens (tertiary/aromatic N) is 1. The minimum absolute atomic E-state index is 0.115. The molecule has 1 unspecified atom stereocenters. The first-order chi connectivity index (χ1) is 10.7. The molecule has 0 fully saturated rings. The number of hydrogen-bond acceptors (Lipinski definition) is 4. The Labute approximate surface area is 138 Å². The molecule has 110 valence electrons. The average molecular weight is 325 g/mol. The minimum atomic E-state index is -0.269. The molecule has 2 nitrogen and oxygen atoms in total. The Morgan fingerprint density at radius 3 is 2.27 bits per heavy atom. The number of hydrogen-bond donors (Lipinski definition) is 0. The number of benzene rings is 2. The highest BCUT2D eigenvalue weighted by Gasteiger charge is 2.24. The van der Waals surface area contributed by atoms with Crippen LogP contribution >= 0.6 is 23.1 Å². The average Bonchev–Trinajstić information content (AvgIpc) is 2.99.